The largest absolute Gasteiger partial charge is 0.362 e. The second kappa shape index (κ2) is 8.60. The maximum Gasteiger partial charge on any atom is 0.292 e. The average Bonchev–Trinajstić information content (AvgIpc) is 2.73. The monoisotopic (exact) mass is 417 g/mol. The molecule has 1 saturated heterocycles. The van der Waals surface area contributed by atoms with Gasteiger partial charge in [0.25, 0.3) is 11.6 Å². The van der Waals surface area contributed by atoms with Crippen molar-refractivity contribution in [2.75, 3.05) is 36.8 Å². The Hall–Kier alpha value is -2.94. The van der Waals surface area contributed by atoms with Gasteiger partial charge in [0, 0.05) is 32.2 Å². The van der Waals surface area contributed by atoms with E-state index in [0.29, 0.717) is 38.3 Å². The number of nitrogens with zero attached hydrogens (tertiary/aromatic N) is 3. The minimum absolute atomic E-state index is 0.0112. The number of nitro groups is 1. The molecule has 1 amide bonds. The van der Waals surface area contributed by atoms with E-state index in [0.717, 1.165) is 0 Å². The van der Waals surface area contributed by atoms with E-state index in [1.165, 1.54) is 12.1 Å². The Balaban J connectivity index is 1.78. The summed E-state index contributed by atoms with van der Waals surface area (Å²) in [5.41, 5.74) is 0.735. The molecule has 0 radical (unpaired) electrons. The van der Waals surface area contributed by atoms with Crippen LogP contribution < -0.4 is 4.90 Å². The van der Waals surface area contributed by atoms with Crippen LogP contribution in [0.4, 0.5) is 11.4 Å². The van der Waals surface area contributed by atoms with Crippen molar-refractivity contribution in [3.63, 3.8) is 0 Å². The standard InChI is InChI=1S/C20H23N3O5S/c1-2-15-29(27,28)19-10-6-3-7-16(19)20(24)22-13-11-21(12-14-22)17-8-4-5-9-18(17)23(25)26/h3-10H,2,11-15H2,1H3. The van der Waals surface area contributed by atoms with E-state index >= 15 is 0 Å². The predicted molar refractivity (Wildman–Crippen MR) is 110 cm³/mol. The predicted octanol–water partition coefficient (Wildman–Crippen LogP) is 2.74. The molecule has 0 atom stereocenters. The van der Waals surface area contributed by atoms with Gasteiger partial charge in [-0.05, 0) is 24.6 Å². The summed E-state index contributed by atoms with van der Waals surface area (Å²) in [7, 11) is -3.53. The van der Waals surface area contributed by atoms with E-state index in [1.807, 2.05) is 4.90 Å². The van der Waals surface area contributed by atoms with Crippen LogP contribution >= 0.6 is 0 Å². The van der Waals surface area contributed by atoms with Gasteiger partial charge in [0.05, 0.1) is 21.1 Å². The molecule has 2 aromatic rings. The maximum atomic E-state index is 13.0. The van der Waals surface area contributed by atoms with Crippen LogP contribution in [0.5, 0.6) is 0 Å². The minimum Gasteiger partial charge on any atom is -0.362 e. The summed E-state index contributed by atoms with van der Waals surface area (Å²) in [5, 5.41) is 11.3. The van der Waals surface area contributed by atoms with Gasteiger partial charge in [-0.15, -0.1) is 0 Å². The molecule has 29 heavy (non-hydrogen) atoms. The van der Waals surface area contributed by atoms with Gasteiger partial charge in [-0.2, -0.15) is 0 Å². The first-order valence-electron chi connectivity index (χ1n) is 9.44. The maximum absolute atomic E-state index is 13.0. The molecule has 154 valence electrons. The van der Waals surface area contributed by atoms with Gasteiger partial charge in [-0.1, -0.05) is 31.2 Å². The Morgan fingerprint density at radius 3 is 2.31 bits per heavy atom. The van der Waals surface area contributed by atoms with Crippen molar-refractivity contribution in [3.8, 4) is 0 Å². The van der Waals surface area contributed by atoms with Gasteiger partial charge in [-0.25, -0.2) is 8.42 Å². The average molecular weight is 417 g/mol. The second-order valence-electron chi connectivity index (χ2n) is 6.84. The summed E-state index contributed by atoms with van der Waals surface area (Å²) >= 11 is 0. The van der Waals surface area contributed by atoms with E-state index in [1.54, 1.807) is 48.2 Å². The van der Waals surface area contributed by atoms with E-state index in [-0.39, 0.29) is 27.8 Å². The molecule has 0 aromatic heterocycles. The van der Waals surface area contributed by atoms with Crippen molar-refractivity contribution in [3.05, 3.63) is 64.2 Å². The summed E-state index contributed by atoms with van der Waals surface area (Å²) in [6, 6.07) is 12.8. The number of carbonyl (C=O) groups excluding carboxylic acids is 1. The van der Waals surface area contributed by atoms with Crippen molar-refractivity contribution < 1.29 is 18.1 Å². The Kier molecular flexibility index (Phi) is 6.17. The van der Waals surface area contributed by atoms with E-state index in [2.05, 4.69) is 0 Å². The van der Waals surface area contributed by atoms with E-state index < -0.39 is 14.8 Å². The summed E-state index contributed by atoms with van der Waals surface area (Å²) in [5.74, 6) is -0.342. The smallest absolute Gasteiger partial charge is 0.292 e. The summed E-state index contributed by atoms with van der Waals surface area (Å²) in [6.07, 6.45) is 0.472. The quantitative estimate of drug-likeness (QED) is 0.529. The first kappa shape index (κ1) is 20.8. The summed E-state index contributed by atoms with van der Waals surface area (Å²) < 4.78 is 25.1. The molecule has 0 bridgehead atoms. The second-order valence-corrected chi connectivity index (χ2v) is 8.92. The third kappa shape index (κ3) is 4.40. The fraction of sp³-hybridized carbons (Fsp3) is 0.350. The summed E-state index contributed by atoms with van der Waals surface area (Å²) in [6.45, 7) is 3.35. The molecule has 1 aliphatic heterocycles. The molecular weight excluding hydrogens is 394 g/mol. The fourth-order valence-electron chi connectivity index (χ4n) is 3.50. The van der Waals surface area contributed by atoms with Gasteiger partial charge in [0.2, 0.25) is 0 Å². The summed E-state index contributed by atoms with van der Waals surface area (Å²) in [4.78, 5) is 27.4. The van der Waals surface area contributed by atoms with Crippen molar-refractivity contribution >= 4 is 27.1 Å². The Labute approximate surface area is 169 Å². The molecular formula is C20H23N3O5S. The highest BCUT2D eigenvalue weighted by Crippen LogP contribution is 2.29. The molecule has 9 heteroatoms. The molecule has 0 saturated carbocycles. The van der Waals surface area contributed by atoms with Gasteiger partial charge in [-0.3, -0.25) is 14.9 Å². The number of hydrogen-bond acceptors (Lipinski definition) is 6. The molecule has 0 N–H and O–H groups in total. The lowest BCUT2D eigenvalue weighted by Gasteiger charge is -2.36. The molecule has 0 unspecified atom stereocenters. The molecule has 2 aromatic carbocycles. The van der Waals surface area contributed by atoms with Crippen molar-refractivity contribution in [2.45, 2.75) is 18.2 Å². The normalized spacial score (nSPS) is 14.7. The van der Waals surface area contributed by atoms with Crippen LogP contribution in [0.15, 0.2) is 53.4 Å². The molecule has 1 aliphatic rings. The zero-order chi connectivity index (χ0) is 21.0. The van der Waals surface area contributed by atoms with Gasteiger partial charge >= 0.3 is 0 Å². The van der Waals surface area contributed by atoms with Crippen LogP contribution in [-0.4, -0.2) is 56.1 Å². The molecule has 1 heterocycles. The number of benzene rings is 2. The minimum atomic E-state index is -3.53. The van der Waals surface area contributed by atoms with Crippen molar-refractivity contribution in [2.24, 2.45) is 0 Å². The Morgan fingerprint density at radius 2 is 1.66 bits per heavy atom. The number of carbonyl (C=O) groups is 1. The van der Waals surface area contributed by atoms with E-state index in [4.69, 9.17) is 0 Å². The highest BCUT2D eigenvalue weighted by atomic mass is 32.2. The fourth-order valence-corrected chi connectivity index (χ4v) is 5.03. The van der Waals surface area contributed by atoms with Gasteiger partial charge in [0.1, 0.15) is 5.69 Å². The number of amides is 1. The first-order valence-corrected chi connectivity index (χ1v) is 11.1. The Morgan fingerprint density at radius 1 is 1.03 bits per heavy atom. The topological polar surface area (TPSA) is 101 Å². The van der Waals surface area contributed by atoms with Crippen LogP contribution in [0, 0.1) is 10.1 Å². The van der Waals surface area contributed by atoms with Crippen molar-refractivity contribution in [1.29, 1.82) is 0 Å². The van der Waals surface area contributed by atoms with Gasteiger partial charge < -0.3 is 9.80 Å². The van der Waals surface area contributed by atoms with Gasteiger partial charge in [0.15, 0.2) is 9.84 Å². The number of sulfone groups is 1. The zero-order valence-electron chi connectivity index (χ0n) is 16.2. The van der Waals surface area contributed by atoms with Crippen LogP contribution in [0.1, 0.15) is 23.7 Å². The van der Waals surface area contributed by atoms with Crippen LogP contribution in [0.2, 0.25) is 0 Å². The first-order chi connectivity index (χ1) is 13.8. The number of anilines is 1. The van der Waals surface area contributed by atoms with Crippen molar-refractivity contribution in [1.82, 2.24) is 4.90 Å². The number of hydrogen-bond donors (Lipinski definition) is 0. The lowest BCUT2D eigenvalue weighted by Crippen LogP contribution is -2.49. The zero-order valence-corrected chi connectivity index (χ0v) is 17.0. The number of rotatable bonds is 6. The highest BCUT2D eigenvalue weighted by molar-refractivity contribution is 7.91. The molecule has 0 spiro atoms. The molecule has 0 aliphatic carbocycles. The highest BCUT2D eigenvalue weighted by Gasteiger charge is 2.29. The number of piperazine rings is 1. The third-order valence-electron chi connectivity index (χ3n) is 4.91. The SMILES string of the molecule is CCCS(=O)(=O)c1ccccc1C(=O)N1CCN(c2ccccc2[N+](=O)[O-])CC1. The lowest BCUT2D eigenvalue weighted by atomic mass is 10.1. The van der Waals surface area contributed by atoms with Crippen LogP contribution in [-0.2, 0) is 9.84 Å². The molecule has 1 fully saturated rings. The molecule has 3 rings (SSSR count). The number of nitro benzene ring substituents is 1. The molecule has 8 nitrogen and oxygen atoms in total. The lowest BCUT2D eigenvalue weighted by molar-refractivity contribution is -0.384. The van der Waals surface area contributed by atoms with Crippen LogP contribution in [0.25, 0.3) is 0 Å². The van der Waals surface area contributed by atoms with E-state index in [9.17, 15) is 23.3 Å². The Bertz CT molecular complexity index is 1010. The number of para-hydroxylation sites is 2. The third-order valence-corrected chi connectivity index (χ3v) is 6.88. The van der Waals surface area contributed by atoms with Crippen LogP contribution in [0.3, 0.4) is 0 Å².